The Morgan fingerprint density at radius 2 is 1.67 bits per heavy atom. The van der Waals surface area contributed by atoms with Crippen molar-refractivity contribution in [1.29, 1.82) is 0 Å². The lowest BCUT2D eigenvalue weighted by atomic mass is 10.1. The zero-order valence-electron chi connectivity index (χ0n) is 19.2. The molecule has 0 aliphatic carbocycles. The second kappa shape index (κ2) is 10.1. The lowest BCUT2D eigenvalue weighted by Gasteiger charge is -2.35. The van der Waals surface area contributed by atoms with Crippen LogP contribution in [0.3, 0.4) is 0 Å². The van der Waals surface area contributed by atoms with Gasteiger partial charge < -0.3 is 14.4 Å². The standard InChI is InChI=1S/C24H31N3O5S/c1-18-3-5-21(15-19(18)2)33(29,30)25-8-7-24(28)27-11-9-26(10-12-27)17-20-4-6-22-23(16-20)32-14-13-31-22/h3-6,15-16,25H,7-14,17H2,1-2H3. The molecule has 1 N–H and O–H groups in total. The third-order valence-electron chi connectivity index (χ3n) is 6.16. The Labute approximate surface area is 195 Å². The number of benzene rings is 2. The van der Waals surface area contributed by atoms with Gasteiger partial charge in [0.25, 0.3) is 0 Å². The van der Waals surface area contributed by atoms with Crippen LogP contribution < -0.4 is 14.2 Å². The first-order valence-corrected chi connectivity index (χ1v) is 12.8. The molecular weight excluding hydrogens is 442 g/mol. The zero-order valence-corrected chi connectivity index (χ0v) is 20.0. The Morgan fingerprint density at radius 3 is 2.39 bits per heavy atom. The zero-order chi connectivity index (χ0) is 23.4. The molecule has 1 amide bonds. The predicted molar refractivity (Wildman–Crippen MR) is 125 cm³/mol. The number of nitrogens with one attached hydrogen (secondary N) is 1. The first-order valence-electron chi connectivity index (χ1n) is 11.3. The molecule has 2 aromatic carbocycles. The summed E-state index contributed by atoms with van der Waals surface area (Å²) in [5.41, 5.74) is 3.11. The van der Waals surface area contributed by atoms with Gasteiger partial charge in [-0.2, -0.15) is 0 Å². The summed E-state index contributed by atoms with van der Waals surface area (Å²) in [6.07, 6.45) is 0.145. The van der Waals surface area contributed by atoms with Gasteiger partial charge in [0, 0.05) is 45.7 Å². The second-order valence-electron chi connectivity index (χ2n) is 8.53. The fourth-order valence-electron chi connectivity index (χ4n) is 4.01. The quantitative estimate of drug-likeness (QED) is 0.663. The number of hydrogen-bond donors (Lipinski definition) is 1. The summed E-state index contributed by atoms with van der Waals surface area (Å²) in [6.45, 7) is 8.65. The lowest BCUT2D eigenvalue weighted by Crippen LogP contribution is -2.48. The molecule has 178 valence electrons. The molecule has 4 rings (SSSR count). The predicted octanol–water partition coefficient (Wildman–Crippen LogP) is 2.09. The largest absolute Gasteiger partial charge is 0.486 e. The van der Waals surface area contributed by atoms with E-state index in [2.05, 4.69) is 9.62 Å². The van der Waals surface area contributed by atoms with Crippen LogP contribution in [0.2, 0.25) is 0 Å². The normalized spacial score (nSPS) is 16.6. The van der Waals surface area contributed by atoms with E-state index < -0.39 is 10.0 Å². The highest BCUT2D eigenvalue weighted by Crippen LogP contribution is 2.31. The minimum Gasteiger partial charge on any atom is -0.486 e. The van der Waals surface area contributed by atoms with Crippen LogP contribution in [0.25, 0.3) is 0 Å². The number of hydrogen-bond acceptors (Lipinski definition) is 6. The number of ether oxygens (including phenoxy) is 2. The molecule has 1 saturated heterocycles. The Bertz CT molecular complexity index is 1110. The van der Waals surface area contributed by atoms with Crippen molar-refractivity contribution < 1.29 is 22.7 Å². The van der Waals surface area contributed by atoms with Gasteiger partial charge in [-0.1, -0.05) is 12.1 Å². The maximum absolute atomic E-state index is 12.6. The number of amides is 1. The highest BCUT2D eigenvalue weighted by atomic mass is 32.2. The number of aryl methyl sites for hydroxylation is 2. The minimum absolute atomic E-state index is 0.0308. The van der Waals surface area contributed by atoms with Gasteiger partial charge >= 0.3 is 0 Å². The number of nitrogens with zero attached hydrogens (tertiary/aromatic N) is 2. The van der Waals surface area contributed by atoms with Gasteiger partial charge in [0.15, 0.2) is 11.5 Å². The molecule has 2 aliphatic heterocycles. The van der Waals surface area contributed by atoms with E-state index in [0.717, 1.165) is 47.8 Å². The van der Waals surface area contributed by atoms with Crippen molar-refractivity contribution in [2.75, 3.05) is 45.9 Å². The van der Waals surface area contributed by atoms with Crippen molar-refractivity contribution in [2.45, 2.75) is 31.7 Å². The number of sulfonamides is 1. The number of carbonyl (C=O) groups excluding carboxylic acids is 1. The molecule has 1 fully saturated rings. The average Bonchev–Trinajstić information content (AvgIpc) is 2.81. The second-order valence-corrected chi connectivity index (χ2v) is 10.3. The van der Waals surface area contributed by atoms with Crippen LogP contribution in [-0.2, 0) is 21.4 Å². The lowest BCUT2D eigenvalue weighted by molar-refractivity contribution is -0.132. The van der Waals surface area contributed by atoms with Crippen molar-refractivity contribution in [3.8, 4) is 11.5 Å². The third-order valence-corrected chi connectivity index (χ3v) is 7.62. The monoisotopic (exact) mass is 473 g/mol. The molecule has 33 heavy (non-hydrogen) atoms. The van der Waals surface area contributed by atoms with Gasteiger partial charge in [-0.3, -0.25) is 9.69 Å². The number of fused-ring (bicyclic) bond motifs is 1. The molecule has 2 heterocycles. The summed E-state index contributed by atoms with van der Waals surface area (Å²) in [5.74, 6) is 1.54. The van der Waals surface area contributed by atoms with E-state index in [0.29, 0.717) is 26.3 Å². The average molecular weight is 474 g/mol. The van der Waals surface area contributed by atoms with Crippen LogP contribution >= 0.6 is 0 Å². The smallest absolute Gasteiger partial charge is 0.240 e. The molecule has 0 atom stereocenters. The molecule has 0 spiro atoms. The van der Waals surface area contributed by atoms with E-state index in [9.17, 15) is 13.2 Å². The molecule has 0 radical (unpaired) electrons. The first-order chi connectivity index (χ1) is 15.8. The summed E-state index contributed by atoms with van der Waals surface area (Å²) >= 11 is 0. The highest BCUT2D eigenvalue weighted by molar-refractivity contribution is 7.89. The SMILES string of the molecule is Cc1ccc(S(=O)(=O)NCCC(=O)N2CCN(Cc3ccc4c(c3)OCCO4)CC2)cc1C. The molecule has 0 unspecified atom stereocenters. The van der Waals surface area contributed by atoms with Crippen molar-refractivity contribution in [3.05, 3.63) is 53.1 Å². The molecular formula is C24H31N3O5S. The molecule has 8 nitrogen and oxygen atoms in total. The van der Waals surface area contributed by atoms with E-state index in [4.69, 9.17) is 9.47 Å². The Balaban J connectivity index is 1.22. The summed E-state index contributed by atoms with van der Waals surface area (Å²) in [7, 11) is -3.62. The summed E-state index contributed by atoms with van der Waals surface area (Å²) in [6, 6.07) is 11.1. The van der Waals surface area contributed by atoms with E-state index in [1.54, 1.807) is 18.2 Å². The Hall–Kier alpha value is -2.62. The molecule has 0 aromatic heterocycles. The van der Waals surface area contributed by atoms with Gasteiger partial charge in [-0.25, -0.2) is 13.1 Å². The van der Waals surface area contributed by atoms with Crippen molar-refractivity contribution >= 4 is 15.9 Å². The van der Waals surface area contributed by atoms with Crippen molar-refractivity contribution in [1.82, 2.24) is 14.5 Å². The van der Waals surface area contributed by atoms with Crippen LogP contribution in [0.1, 0.15) is 23.1 Å². The summed E-state index contributed by atoms with van der Waals surface area (Å²) in [5, 5.41) is 0. The van der Waals surface area contributed by atoms with Gasteiger partial charge in [0.05, 0.1) is 4.90 Å². The van der Waals surface area contributed by atoms with Gasteiger partial charge in [0.2, 0.25) is 15.9 Å². The molecule has 9 heteroatoms. The Kier molecular flexibility index (Phi) is 7.21. The van der Waals surface area contributed by atoms with Gasteiger partial charge in [0.1, 0.15) is 13.2 Å². The summed E-state index contributed by atoms with van der Waals surface area (Å²) in [4.78, 5) is 16.9. The number of carbonyl (C=O) groups is 1. The van der Waals surface area contributed by atoms with Crippen molar-refractivity contribution in [3.63, 3.8) is 0 Å². The fourth-order valence-corrected chi connectivity index (χ4v) is 5.13. The maximum atomic E-state index is 12.6. The number of piperazine rings is 1. The summed E-state index contributed by atoms with van der Waals surface area (Å²) < 4.78 is 38.8. The molecule has 2 aromatic rings. The van der Waals surface area contributed by atoms with Crippen LogP contribution in [0.5, 0.6) is 11.5 Å². The minimum atomic E-state index is -3.62. The number of rotatable bonds is 7. The topological polar surface area (TPSA) is 88.2 Å². The molecule has 2 aliphatic rings. The van der Waals surface area contributed by atoms with E-state index in [1.165, 1.54) is 0 Å². The van der Waals surface area contributed by atoms with E-state index >= 15 is 0 Å². The van der Waals surface area contributed by atoms with Crippen LogP contribution in [0, 0.1) is 13.8 Å². The van der Waals surface area contributed by atoms with Gasteiger partial charge in [-0.05, 0) is 54.8 Å². The molecule has 0 bridgehead atoms. The van der Waals surface area contributed by atoms with Crippen molar-refractivity contribution in [2.24, 2.45) is 0 Å². The molecule has 0 saturated carbocycles. The van der Waals surface area contributed by atoms with Gasteiger partial charge in [-0.15, -0.1) is 0 Å². The van der Waals surface area contributed by atoms with E-state index in [-0.39, 0.29) is 23.8 Å². The first kappa shape index (κ1) is 23.5. The van der Waals surface area contributed by atoms with Crippen LogP contribution in [0.4, 0.5) is 0 Å². The Morgan fingerprint density at radius 1 is 0.939 bits per heavy atom. The highest BCUT2D eigenvalue weighted by Gasteiger charge is 2.22. The van der Waals surface area contributed by atoms with Crippen LogP contribution in [-0.4, -0.2) is 70.1 Å². The van der Waals surface area contributed by atoms with Crippen LogP contribution in [0.15, 0.2) is 41.3 Å². The fraction of sp³-hybridized carbons (Fsp3) is 0.458. The van der Waals surface area contributed by atoms with E-state index in [1.807, 2.05) is 36.9 Å². The maximum Gasteiger partial charge on any atom is 0.240 e. The third kappa shape index (κ3) is 5.85.